The first-order chi connectivity index (χ1) is 11.6. The van der Waals surface area contributed by atoms with Crippen LogP contribution in [0.2, 0.25) is 5.02 Å². The van der Waals surface area contributed by atoms with E-state index in [9.17, 15) is 14.0 Å². The number of para-hydroxylation sites is 1. The molecule has 1 N–H and O–H groups in total. The third-order valence-electron chi connectivity index (χ3n) is 3.62. The lowest BCUT2D eigenvalue weighted by atomic mass is 10.2. The first-order valence-corrected chi connectivity index (χ1v) is 7.69. The average molecular weight is 349 g/mol. The summed E-state index contributed by atoms with van der Waals surface area (Å²) in [5, 5.41) is 2.58. The Balaban J connectivity index is 1.62. The van der Waals surface area contributed by atoms with E-state index in [1.807, 2.05) is 18.2 Å². The van der Waals surface area contributed by atoms with Crippen molar-refractivity contribution in [1.82, 2.24) is 5.32 Å². The maximum Gasteiger partial charge on any atom is 0.414 e. The lowest BCUT2D eigenvalue weighted by molar-refractivity contribution is 0.0912. The predicted octanol–water partition coefficient (Wildman–Crippen LogP) is 3.23. The fourth-order valence-corrected chi connectivity index (χ4v) is 2.71. The predicted molar refractivity (Wildman–Crippen MR) is 87.8 cm³/mol. The van der Waals surface area contributed by atoms with Gasteiger partial charge in [-0.05, 0) is 24.3 Å². The Morgan fingerprint density at radius 3 is 2.71 bits per heavy atom. The number of carbonyl (C=O) groups is 2. The number of cyclic esters (lactones) is 1. The third-order valence-corrected chi connectivity index (χ3v) is 3.94. The summed E-state index contributed by atoms with van der Waals surface area (Å²) in [6, 6.07) is 13.1. The van der Waals surface area contributed by atoms with Crippen molar-refractivity contribution in [2.75, 3.05) is 18.0 Å². The molecule has 3 rings (SSSR count). The Morgan fingerprint density at radius 2 is 2.00 bits per heavy atom. The Bertz CT molecular complexity index is 749. The van der Waals surface area contributed by atoms with Gasteiger partial charge in [0.15, 0.2) is 0 Å². The minimum Gasteiger partial charge on any atom is -0.442 e. The lowest BCUT2D eigenvalue weighted by Gasteiger charge is -2.13. The zero-order chi connectivity index (χ0) is 17.1. The Morgan fingerprint density at radius 1 is 1.25 bits per heavy atom. The van der Waals surface area contributed by atoms with E-state index in [2.05, 4.69) is 5.32 Å². The van der Waals surface area contributed by atoms with Gasteiger partial charge in [0.25, 0.3) is 5.91 Å². The van der Waals surface area contributed by atoms with Crippen LogP contribution in [0, 0.1) is 5.82 Å². The van der Waals surface area contributed by atoms with Gasteiger partial charge in [-0.25, -0.2) is 9.18 Å². The SMILES string of the molecule is O=C(NCC1CN(c2ccccc2)C(=O)O1)c1c(F)cccc1Cl. The van der Waals surface area contributed by atoms with Gasteiger partial charge in [-0.1, -0.05) is 35.9 Å². The summed E-state index contributed by atoms with van der Waals surface area (Å²) in [5.41, 5.74) is 0.497. The molecular weight excluding hydrogens is 335 g/mol. The Kier molecular flexibility index (Phi) is 4.66. The molecule has 24 heavy (non-hydrogen) atoms. The maximum atomic E-state index is 13.7. The molecule has 1 aliphatic heterocycles. The monoisotopic (exact) mass is 348 g/mol. The van der Waals surface area contributed by atoms with Gasteiger partial charge >= 0.3 is 6.09 Å². The highest BCUT2D eigenvalue weighted by Crippen LogP contribution is 2.21. The number of nitrogens with zero attached hydrogens (tertiary/aromatic N) is 1. The second-order valence-electron chi connectivity index (χ2n) is 5.26. The van der Waals surface area contributed by atoms with Crippen LogP contribution in [0.1, 0.15) is 10.4 Å². The first kappa shape index (κ1) is 16.3. The standard InChI is InChI=1S/C17H14ClFN2O3/c18-13-7-4-8-14(19)15(13)16(22)20-9-12-10-21(17(23)24-12)11-5-2-1-3-6-11/h1-8,12H,9-10H2,(H,20,22). The molecule has 1 heterocycles. The molecule has 1 fully saturated rings. The highest BCUT2D eigenvalue weighted by atomic mass is 35.5. The van der Waals surface area contributed by atoms with Crippen molar-refractivity contribution >= 4 is 29.3 Å². The van der Waals surface area contributed by atoms with Crippen molar-refractivity contribution in [1.29, 1.82) is 0 Å². The quantitative estimate of drug-likeness (QED) is 0.922. The van der Waals surface area contributed by atoms with Crippen molar-refractivity contribution in [3.05, 3.63) is 64.9 Å². The van der Waals surface area contributed by atoms with E-state index in [0.717, 1.165) is 6.07 Å². The summed E-state index contributed by atoms with van der Waals surface area (Å²) in [7, 11) is 0. The summed E-state index contributed by atoms with van der Waals surface area (Å²) in [6.45, 7) is 0.368. The molecule has 0 aromatic heterocycles. The first-order valence-electron chi connectivity index (χ1n) is 7.31. The molecule has 124 valence electrons. The molecule has 5 nitrogen and oxygen atoms in total. The maximum absolute atomic E-state index is 13.7. The van der Waals surface area contributed by atoms with E-state index in [4.69, 9.17) is 16.3 Å². The average Bonchev–Trinajstić information content (AvgIpc) is 2.94. The van der Waals surface area contributed by atoms with E-state index in [1.54, 1.807) is 12.1 Å². The van der Waals surface area contributed by atoms with Crippen molar-refractivity contribution in [3.63, 3.8) is 0 Å². The zero-order valence-corrected chi connectivity index (χ0v) is 13.3. The Hall–Kier alpha value is -2.60. The largest absolute Gasteiger partial charge is 0.442 e. The number of carbonyl (C=O) groups excluding carboxylic acids is 2. The number of nitrogens with one attached hydrogen (secondary N) is 1. The van der Waals surface area contributed by atoms with Gasteiger partial charge in [-0.3, -0.25) is 9.69 Å². The molecule has 1 atom stereocenters. The number of halogens is 2. The molecule has 0 spiro atoms. The van der Waals surface area contributed by atoms with Gasteiger partial charge in [0, 0.05) is 5.69 Å². The van der Waals surface area contributed by atoms with Crippen LogP contribution >= 0.6 is 11.6 Å². The van der Waals surface area contributed by atoms with Gasteiger partial charge in [0.1, 0.15) is 11.9 Å². The molecule has 0 radical (unpaired) electrons. The van der Waals surface area contributed by atoms with E-state index in [-0.39, 0.29) is 17.1 Å². The van der Waals surface area contributed by atoms with Gasteiger partial charge in [0.2, 0.25) is 0 Å². The second-order valence-corrected chi connectivity index (χ2v) is 5.67. The number of anilines is 1. The molecule has 7 heteroatoms. The third kappa shape index (κ3) is 3.33. The number of ether oxygens (including phenoxy) is 1. The van der Waals surface area contributed by atoms with Crippen LogP contribution in [0.15, 0.2) is 48.5 Å². The Labute approximate surface area is 143 Å². The highest BCUT2D eigenvalue weighted by molar-refractivity contribution is 6.33. The summed E-state index contributed by atoms with van der Waals surface area (Å²) in [5.74, 6) is -1.35. The zero-order valence-electron chi connectivity index (χ0n) is 12.5. The molecule has 1 unspecified atom stereocenters. The lowest BCUT2D eigenvalue weighted by Crippen LogP contribution is -2.35. The van der Waals surface area contributed by atoms with Gasteiger partial charge in [-0.15, -0.1) is 0 Å². The van der Waals surface area contributed by atoms with Crippen LogP contribution in [0.3, 0.4) is 0 Å². The van der Waals surface area contributed by atoms with Crippen molar-refractivity contribution in [2.24, 2.45) is 0 Å². The highest BCUT2D eigenvalue weighted by Gasteiger charge is 2.32. The van der Waals surface area contributed by atoms with Crippen LogP contribution in [0.4, 0.5) is 14.9 Å². The topological polar surface area (TPSA) is 58.6 Å². The molecular formula is C17H14ClFN2O3. The van der Waals surface area contributed by atoms with Crippen LogP contribution in [-0.4, -0.2) is 31.2 Å². The van der Waals surface area contributed by atoms with E-state index < -0.39 is 23.9 Å². The van der Waals surface area contributed by atoms with Crippen LogP contribution in [0.25, 0.3) is 0 Å². The summed E-state index contributed by atoms with van der Waals surface area (Å²) in [4.78, 5) is 25.5. The van der Waals surface area contributed by atoms with Crippen molar-refractivity contribution in [2.45, 2.75) is 6.10 Å². The van der Waals surface area contributed by atoms with Crippen molar-refractivity contribution < 1.29 is 18.7 Å². The number of rotatable bonds is 4. The smallest absolute Gasteiger partial charge is 0.414 e. The van der Waals surface area contributed by atoms with E-state index in [1.165, 1.54) is 17.0 Å². The molecule has 0 aliphatic carbocycles. The van der Waals surface area contributed by atoms with Crippen LogP contribution in [-0.2, 0) is 4.74 Å². The van der Waals surface area contributed by atoms with Crippen molar-refractivity contribution in [3.8, 4) is 0 Å². The van der Waals surface area contributed by atoms with Gasteiger partial charge in [-0.2, -0.15) is 0 Å². The number of benzene rings is 2. The van der Waals surface area contributed by atoms with Gasteiger partial charge < -0.3 is 10.1 Å². The normalized spacial score (nSPS) is 16.8. The number of amides is 2. The number of hydrogen-bond acceptors (Lipinski definition) is 3. The molecule has 2 amide bonds. The van der Waals surface area contributed by atoms with Crippen LogP contribution in [0.5, 0.6) is 0 Å². The summed E-state index contributed by atoms with van der Waals surface area (Å²) in [6.07, 6.45) is -1.00. The second kappa shape index (κ2) is 6.88. The minimum atomic E-state index is -0.700. The summed E-state index contributed by atoms with van der Waals surface area (Å²) >= 11 is 5.85. The fraction of sp³-hybridized carbons (Fsp3) is 0.176. The number of hydrogen-bond donors (Lipinski definition) is 1. The fourth-order valence-electron chi connectivity index (χ4n) is 2.46. The minimum absolute atomic E-state index is 0.0295. The molecule has 2 aromatic rings. The molecule has 0 saturated carbocycles. The van der Waals surface area contributed by atoms with Crippen LogP contribution < -0.4 is 10.2 Å². The van der Waals surface area contributed by atoms with E-state index in [0.29, 0.717) is 12.2 Å². The summed E-state index contributed by atoms with van der Waals surface area (Å²) < 4.78 is 18.9. The molecule has 1 saturated heterocycles. The molecule has 0 bridgehead atoms. The van der Waals surface area contributed by atoms with Gasteiger partial charge in [0.05, 0.1) is 23.7 Å². The molecule has 2 aromatic carbocycles. The molecule has 1 aliphatic rings. The van der Waals surface area contributed by atoms with E-state index >= 15 is 0 Å².